The van der Waals surface area contributed by atoms with Gasteiger partial charge in [0.05, 0.1) is 25.5 Å². The van der Waals surface area contributed by atoms with Crippen LogP contribution in [0.4, 0.5) is 11.6 Å². The average Bonchev–Trinajstić information content (AvgIpc) is 2.85. The molecule has 0 amide bonds. The molecule has 96 valence electrons. The molecule has 3 heterocycles. The predicted molar refractivity (Wildman–Crippen MR) is 66.4 cm³/mol. The van der Waals surface area contributed by atoms with Crippen LogP contribution in [0.1, 0.15) is 0 Å². The number of nitrogen functional groups attached to an aromatic ring is 1. The molecule has 1 unspecified atom stereocenters. The second kappa shape index (κ2) is 4.43. The van der Waals surface area contributed by atoms with Crippen LogP contribution < -0.4 is 10.6 Å². The van der Waals surface area contributed by atoms with Crippen molar-refractivity contribution >= 4 is 17.3 Å². The number of aliphatic hydroxyl groups excluding tert-OH is 1. The summed E-state index contributed by atoms with van der Waals surface area (Å²) < 4.78 is 7.27. The van der Waals surface area contributed by atoms with E-state index >= 15 is 0 Å². The zero-order valence-corrected chi connectivity index (χ0v) is 9.86. The van der Waals surface area contributed by atoms with Crippen molar-refractivity contribution in [1.82, 2.24) is 14.4 Å². The number of fused-ring (bicyclic) bond motifs is 1. The number of ether oxygens (including phenoxy) is 1. The molecule has 1 fully saturated rings. The molecule has 3 rings (SSSR count). The lowest BCUT2D eigenvalue weighted by molar-refractivity contribution is 0.00342. The summed E-state index contributed by atoms with van der Waals surface area (Å²) in [4.78, 5) is 10.7. The number of nitrogens with two attached hydrogens (primary N) is 1. The van der Waals surface area contributed by atoms with Crippen LogP contribution in [0.3, 0.4) is 0 Å². The first-order valence-electron chi connectivity index (χ1n) is 5.84. The van der Waals surface area contributed by atoms with Gasteiger partial charge in [-0.2, -0.15) is 0 Å². The number of imidazole rings is 1. The number of rotatable bonds is 2. The molecule has 2 aromatic heterocycles. The third-order valence-electron chi connectivity index (χ3n) is 3.02. The van der Waals surface area contributed by atoms with E-state index in [9.17, 15) is 0 Å². The van der Waals surface area contributed by atoms with E-state index < -0.39 is 0 Å². The monoisotopic (exact) mass is 249 g/mol. The first-order valence-corrected chi connectivity index (χ1v) is 5.84. The lowest BCUT2D eigenvalue weighted by Gasteiger charge is -2.32. The van der Waals surface area contributed by atoms with Crippen LogP contribution in [0.25, 0.3) is 5.65 Å². The first-order chi connectivity index (χ1) is 8.78. The summed E-state index contributed by atoms with van der Waals surface area (Å²) in [6.07, 6.45) is 5.10. The van der Waals surface area contributed by atoms with E-state index in [2.05, 4.69) is 9.97 Å². The van der Waals surface area contributed by atoms with Gasteiger partial charge in [0.25, 0.3) is 0 Å². The minimum atomic E-state index is -0.183. The Bertz CT molecular complexity index is 555. The van der Waals surface area contributed by atoms with E-state index in [1.54, 1.807) is 12.4 Å². The number of hydrogen-bond acceptors (Lipinski definition) is 6. The molecular weight excluding hydrogens is 234 g/mol. The van der Waals surface area contributed by atoms with Gasteiger partial charge in [0.15, 0.2) is 11.5 Å². The minimum Gasteiger partial charge on any atom is -0.394 e. The number of hydrogen-bond donors (Lipinski definition) is 2. The lowest BCUT2D eigenvalue weighted by Crippen LogP contribution is -2.44. The number of anilines is 2. The van der Waals surface area contributed by atoms with Crippen molar-refractivity contribution in [2.45, 2.75) is 6.10 Å². The highest BCUT2D eigenvalue weighted by molar-refractivity contribution is 5.66. The molecule has 0 aromatic carbocycles. The van der Waals surface area contributed by atoms with Gasteiger partial charge in [0.1, 0.15) is 5.82 Å². The van der Waals surface area contributed by atoms with Crippen LogP contribution in [0, 0.1) is 0 Å². The fourth-order valence-electron chi connectivity index (χ4n) is 2.17. The third kappa shape index (κ3) is 1.87. The maximum absolute atomic E-state index is 9.17. The fraction of sp³-hybridized carbons (Fsp3) is 0.455. The molecule has 0 radical (unpaired) electrons. The standard InChI is InChI=1S/C11H15N5O2/c12-9-6-15-2-1-13-10(15)11(14-9)16-3-4-18-8(5-16)7-17/h1-2,6,8,17H,3-5,7,12H2. The molecular formula is C11H15N5O2. The summed E-state index contributed by atoms with van der Waals surface area (Å²) in [5.74, 6) is 1.18. The van der Waals surface area contributed by atoms with Gasteiger partial charge >= 0.3 is 0 Å². The molecule has 0 spiro atoms. The molecule has 1 aliphatic rings. The van der Waals surface area contributed by atoms with E-state index in [-0.39, 0.29) is 12.7 Å². The van der Waals surface area contributed by atoms with Crippen molar-refractivity contribution in [3.05, 3.63) is 18.6 Å². The average molecular weight is 249 g/mol. The number of morpholine rings is 1. The third-order valence-corrected chi connectivity index (χ3v) is 3.02. The molecule has 0 bridgehead atoms. The molecule has 1 atom stereocenters. The van der Waals surface area contributed by atoms with E-state index in [1.165, 1.54) is 0 Å². The predicted octanol–water partition coefficient (Wildman–Crippen LogP) is -0.491. The Kier molecular flexibility index (Phi) is 2.77. The summed E-state index contributed by atoms with van der Waals surface area (Å²) in [7, 11) is 0. The summed E-state index contributed by atoms with van der Waals surface area (Å²) >= 11 is 0. The lowest BCUT2D eigenvalue weighted by atomic mass is 10.3. The van der Waals surface area contributed by atoms with Crippen molar-refractivity contribution in [2.75, 3.05) is 36.9 Å². The Morgan fingerprint density at radius 2 is 2.44 bits per heavy atom. The molecule has 1 saturated heterocycles. The summed E-state index contributed by atoms with van der Waals surface area (Å²) in [5.41, 5.74) is 6.56. The normalized spacial score (nSPS) is 20.5. The molecule has 3 N–H and O–H groups in total. The van der Waals surface area contributed by atoms with Gasteiger partial charge in [-0.25, -0.2) is 9.97 Å². The maximum atomic E-state index is 9.17. The highest BCUT2D eigenvalue weighted by Crippen LogP contribution is 2.21. The second-order valence-corrected chi connectivity index (χ2v) is 4.27. The van der Waals surface area contributed by atoms with Crippen molar-refractivity contribution in [3.63, 3.8) is 0 Å². The van der Waals surface area contributed by atoms with Crippen molar-refractivity contribution in [2.24, 2.45) is 0 Å². The van der Waals surface area contributed by atoms with Gasteiger partial charge in [-0.05, 0) is 0 Å². The van der Waals surface area contributed by atoms with Gasteiger partial charge in [-0.3, -0.25) is 0 Å². The largest absolute Gasteiger partial charge is 0.394 e. The van der Waals surface area contributed by atoms with Gasteiger partial charge in [0.2, 0.25) is 0 Å². The van der Waals surface area contributed by atoms with Gasteiger partial charge in [-0.1, -0.05) is 0 Å². The number of aliphatic hydroxyl groups is 1. The van der Waals surface area contributed by atoms with E-state index in [0.29, 0.717) is 19.0 Å². The van der Waals surface area contributed by atoms with Crippen LogP contribution >= 0.6 is 0 Å². The molecule has 7 nitrogen and oxygen atoms in total. The quantitative estimate of drug-likeness (QED) is 0.746. The van der Waals surface area contributed by atoms with Crippen molar-refractivity contribution < 1.29 is 9.84 Å². The van der Waals surface area contributed by atoms with Crippen LogP contribution in [0.5, 0.6) is 0 Å². The van der Waals surface area contributed by atoms with Crippen molar-refractivity contribution in [1.29, 1.82) is 0 Å². The number of aromatic nitrogens is 3. The zero-order chi connectivity index (χ0) is 12.5. The Morgan fingerprint density at radius 1 is 1.56 bits per heavy atom. The van der Waals surface area contributed by atoms with Crippen LogP contribution in [-0.2, 0) is 4.74 Å². The van der Waals surface area contributed by atoms with Gasteiger partial charge in [-0.15, -0.1) is 0 Å². The zero-order valence-electron chi connectivity index (χ0n) is 9.86. The maximum Gasteiger partial charge on any atom is 0.180 e. The molecule has 2 aromatic rings. The Labute approximate surface area is 104 Å². The molecule has 0 aliphatic carbocycles. The van der Waals surface area contributed by atoms with Gasteiger partial charge in [0, 0.05) is 25.5 Å². The highest BCUT2D eigenvalue weighted by Gasteiger charge is 2.23. The van der Waals surface area contributed by atoms with E-state index in [0.717, 1.165) is 18.0 Å². The van der Waals surface area contributed by atoms with Crippen molar-refractivity contribution in [3.8, 4) is 0 Å². The SMILES string of the molecule is Nc1cn2ccnc2c(N2CCOC(CO)C2)n1. The van der Waals surface area contributed by atoms with Crippen LogP contribution in [0.15, 0.2) is 18.6 Å². The van der Waals surface area contributed by atoms with E-state index in [4.69, 9.17) is 15.6 Å². The molecule has 0 saturated carbocycles. The summed E-state index contributed by atoms with van der Waals surface area (Å²) in [6, 6.07) is 0. The Hall–Kier alpha value is -1.86. The fourth-order valence-corrected chi connectivity index (χ4v) is 2.17. The molecule has 18 heavy (non-hydrogen) atoms. The van der Waals surface area contributed by atoms with E-state index in [1.807, 2.05) is 15.5 Å². The smallest absolute Gasteiger partial charge is 0.180 e. The summed E-state index contributed by atoms with van der Waals surface area (Å²) in [6.45, 7) is 1.88. The Balaban J connectivity index is 2.00. The summed E-state index contributed by atoms with van der Waals surface area (Å²) in [5, 5.41) is 9.17. The van der Waals surface area contributed by atoms with Crippen LogP contribution in [-0.4, -0.2) is 51.9 Å². The second-order valence-electron chi connectivity index (χ2n) is 4.27. The number of nitrogens with zero attached hydrogens (tertiary/aromatic N) is 4. The van der Waals surface area contributed by atoms with Crippen LogP contribution in [0.2, 0.25) is 0 Å². The molecule has 1 aliphatic heterocycles. The minimum absolute atomic E-state index is 0.00351. The Morgan fingerprint density at radius 3 is 3.28 bits per heavy atom. The van der Waals surface area contributed by atoms with Gasteiger partial charge < -0.3 is 24.9 Å². The topological polar surface area (TPSA) is 88.9 Å². The highest BCUT2D eigenvalue weighted by atomic mass is 16.5. The first kappa shape index (κ1) is 11.2. The molecule has 7 heteroatoms.